The minimum Gasteiger partial charge on any atom is -0.388 e. The number of hydrogen-bond donors (Lipinski definition) is 1. The molecule has 0 saturated heterocycles. The number of aryl methyl sites for hydroxylation is 1. The van der Waals surface area contributed by atoms with Crippen LogP contribution in [0, 0.1) is 11.3 Å². The van der Waals surface area contributed by atoms with E-state index < -0.39 is 0 Å². The fraction of sp³-hybridized carbons (Fsp3) is 0.824. The molecule has 20 heavy (non-hydrogen) atoms. The van der Waals surface area contributed by atoms with Gasteiger partial charge >= 0.3 is 0 Å². The van der Waals surface area contributed by atoms with Crippen molar-refractivity contribution in [1.82, 2.24) is 4.98 Å². The van der Waals surface area contributed by atoms with E-state index in [1.165, 1.54) is 41.3 Å². The molecule has 0 bridgehead atoms. The van der Waals surface area contributed by atoms with Gasteiger partial charge < -0.3 is 5.11 Å². The van der Waals surface area contributed by atoms with E-state index in [2.05, 4.69) is 20.8 Å². The summed E-state index contributed by atoms with van der Waals surface area (Å²) in [6.45, 7) is 7.11. The number of thiazole rings is 1. The lowest BCUT2D eigenvalue weighted by atomic mass is 9.70. The first-order valence-corrected chi connectivity index (χ1v) is 8.94. The molecule has 2 aliphatic carbocycles. The Morgan fingerprint density at radius 2 is 1.80 bits per heavy atom. The lowest BCUT2D eigenvalue weighted by Crippen LogP contribution is -2.25. The van der Waals surface area contributed by atoms with E-state index in [1.54, 1.807) is 11.3 Å². The van der Waals surface area contributed by atoms with Gasteiger partial charge in [-0.15, -0.1) is 11.3 Å². The molecule has 0 aromatic carbocycles. The van der Waals surface area contributed by atoms with E-state index in [1.807, 2.05) is 0 Å². The van der Waals surface area contributed by atoms with Crippen molar-refractivity contribution >= 4 is 11.3 Å². The summed E-state index contributed by atoms with van der Waals surface area (Å²) in [6.07, 6.45) is 8.08. The number of hydrogen-bond acceptors (Lipinski definition) is 3. The largest absolute Gasteiger partial charge is 0.388 e. The SMILES string of the molecule is CC(C)(C)C1CCC(c2nc3c(s2)C(O)CCC3)CC1. The van der Waals surface area contributed by atoms with Crippen molar-refractivity contribution in [3.05, 3.63) is 15.6 Å². The van der Waals surface area contributed by atoms with E-state index in [0.717, 1.165) is 25.2 Å². The molecule has 1 fully saturated rings. The van der Waals surface area contributed by atoms with Crippen LogP contribution in [0.5, 0.6) is 0 Å². The van der Waals surface area contributed by atoms with Crippen molar-refractivity contribution in [2.45, 2.75) is 77.7 Å². The summed E-state index contributed by atoms with van der Waals surface area (Å²) in [5.41, 5.74) is 1.64. The summed E-state index contributed by atoms with van der Waals surface area (Å²) in [5, 5.41) is 11.4. The van der Waals surface area contributed by atoms with Crippen molar-refractivity contribution in [3.8, 4) is 0 Å². The molecule has 0 amide bonds. The summed E-state index contributed by atoms with van der Waals surface area (Å²) >= 11 is 1.80. The molecule has 1 heterocycles. The molecule has 3 rings (SSSR count). The van der Waals surface area contributed by atoms with Gasteiger partial charge in [0.1, 0.15) is 0 Å². The monoisotopic (exact) mass is 293 g/mol. The van der Waals surface area contributed by atoms with Gasteiger partial charge in [-0.1, -0.05) is 20.8 Å². The van der Waals surface area contributed by atoms with Gasteiger partial charge in [0.25, 0.3) is 0 Å². The van der Waals surface area contributed by atoms with Gasteiger partial charge in [0, 0.05) is 5.92 Å². The zero-order chi connectivity index (χ0) is 14.3. The number of fused-ring (bicyclic) bond motifs is 1. The molecule has 0 spiro atoms. The standard InChI is InChI=1S/C17H27NOS/c1-17(2,3)12-9-7-11(8-10-12)16-18-13-5-4-6-14(19)15(13)20-16/h11-12,14,19H,4-10H2,1-3H3. The smallest absolute Gasteiger partial charge is 0.0963 e. The molecular weight excluding hydrogens is 266 g/mol. The Morgan fingerprint density at radius 3 is 2.40 bits per heavy atom. The third kappa shape index (κ3) is 2.80. The zero-order valence-electron chi connectivity index (χ0n) is 13.0. The second-order valence-corrected chi connectivity index (χ2v) is 8.75. The van der Waals surface area contributed by atoms with Gasteiger partial charge in [0.2, 0.25) is 0 Å². The Hall–Kier alpha value is -0.410. The van der Waals surface area contributed by atoms with Gasteiger partial charge in [0.15, 0.2) is 0 Å². The molecule has 1 unspecified atom stereocenters. The lowest BCUT2D eigenvalue weighted by molar-refractivity contribution is 0.160. The van der Waals surface area contributed by atoms with Crippen molar-refractivity contribution in [2.24, 2.45) is 11.3 Å². The Kier molecular flexibility index (Phi) is 3.93. The Bertz CT molecular complexity index is 466. The second-order valence-electron chi connectivity index (χ2n) is 7.69. The summed E-state index contributed by atoms with van der Waals surface area (Å²) in [5.74, 6) is 1.51. The average molecular weight is 293 g/mol. The first-order valence-electron chi connectivity index (χ1n) is 8.12. The fourth-order valence-electron chi connectivity index (χ4n) is 3.80. The van der Waals surface area contributed by atoms with Crippen LogP contribution >= 0.6 is 11.3 Å². The topological polar surface area (TPSA) is 33.1 Å². The molecule has 1 aromatic heterocycles. The predicted octanol–water partition coefficient (Wildman–Crippen LogP) is 4.83. The fourth-order valence-corrected chi connectivity index (χ4v) is 5.10. The number of aromatic nitrogens is 1. The lowest BCUT2D eigenvalue weighted by Gasteiger charge is -2.36. The number of aliphatic hydroxyl groups excluding tert-OH is 1. The van der Waals surface area contributed by atoms with Crippen LogP contribution in [-0.4, -0.2) is 10.1 Å². The molecule has 1 atom stereocenters. The Labute approximate surface area is 126 Å². The molecule has 112 valence electrons. The number of aliphatic hydroxyl groups is 1. The normalized spacial score (nSPS) is 31.1. The zero-order valence-corrected chi connectivity index (χ0v) is 13.8. The van der Waals surface area contributed by atoms with Crippen molar-refractivity contribution in [1.29, 1.82) is 0 Å². The second kappa shape index (κ2) is 5.42. The Balaban J connectivity index is 1.70. The van der Waals surface area contributed by atoms with Crippen LogP contribution in [-0.2, 0) is 6.42 Å². The molecule has 1 saturated carbocycles. The predicted molar refractivity (Wildman–Crippen MR) is 84.2 cm³/mol. The molecular formula is C17H27NOS. The van der Waals surface area contributed by atoms with Gasteiger partial charge in [0.05, 0.1) is 21.7 Å². The number of nitrogens with zero attached hydrogens (tertiary/aromatic N) is 1. The molecule has 2 aliphatic rings. The van der Waals surface area contributed by atoms with Crippen molar-refractivity contribution in [3.63, 3.8) is 0 Å². The molecule has 0 aliphatic heterocycles. The van der Waals surface area contributed by atoms with E-state index in [9.17, 15) is 5.11 Å². The quantitative estimate of drug-likeness (QED) is 0.804. The van der Waals surface area contributed by atoms with Gasteiger partial charge in [-0.05, 0) is 56.3 Å². The average Bonchev–Trinajstić information content (AvgIpc) is 2.83. The molecule has 2 nitrogen and oxygen atoms in total. The first-order chi connectivity index (χ1) is 9.45. The summed E-state index contributed by atoms with van der Waals surface area (Å²) in [7, 11) is 0. The number of rotatable bonds is 1. The highest BCUT2D eigenvalue weighted by molar-refractivity contribution is 7.11. The van der Waals surface area contributed by atoms with Crippen LogP contribution < -0.4 is 0 Å². The van der Waals surface area contributed by atoms with E-state index >= 15 is 0 Å². The highest BCUT2D eigenvalue weighted by Gasteiger charge is 2.32. The molecule has 1 aromatic rings. The molecule has 3 heteroatoms. The van der Waals surface area contributed by atoms with Gasteiger partial charge in [-0.2, -0.15) is 0 Å². The highest BCUT2D eigenvalue weighted by Crippen LogP contribution is 2.45. The highest BCUT2D eigenvalue weighted by atomic mass is 32.1. The maximum Gasteiger partial charge on any atom is 0.0963 e. The van der Waals surface area contributed by atoms with E-state index in [0.29, 0.717) is 11.3 Å². The third-order valence-corrected chi connectivity index (χ3v) is 6.60. The minimum absolute atomic E-state index is 0.240. The molecule has 0 radical (unpaired) electrons. The summed E-state index contributed by atoms with van der Waals surface area (Å²) in [6, 6.07) is 0. The summed E-state index contributed by atoms with van der Waals surface area (Å²) < 4.78 is 0. The van der Waals surface area contributed by atoms with E-state index in [-0.39, 0.29) is 6.10 Å². The summed E-state index contributed by atoms with van der Waals surface area (Å²) in [4.78, 5) is 6.04. The van der Waals surface area contributed by atoms with Crippen LogP contribution in [0.2, 0.25) is 0 Å². The third-order valence-electron chi connectivity index (χ3n) is 5.24. The van der Waals surface area contributed by atoms with Crippen LogP contribution in [0.4, 0.5) is 0 Å². The van der Waals surface area contributed by atoms with E-state index in [4.69, 9.17) is 4.98 Å². The van der Waals surface area contributed by atoms with Gasteiger partial charge in [-0.25, -0.2) is 4.98 Å². The first kappa shape index (κ1) is 14.5. The van der Waals surface area contributed by atoms with Crippen molar-refractivity contribution in [2.75, 3.05) is 0 Å². The molecule has 1 N–H and O–H groups in total. The maximum atomic E-state index is 10.1. The van der Waals surface area contributed by atoms with Crippen LogP contribution in [0.1, 0.15) is 86.9 Å². The van der Waals surface area contributed by atoms with Crippen molar-refractivity contribution < 1.29 is 5.11 Å². The maximum absolute atomic E-state index is 10.1. The van der Waals surface area contributed by atoms with Crippen LogP contribution in [0.25, 0.3) is 0 Å². The van der Waals surface area contributed by atoms with Crippen LogP contribution in [0.3, 0.4) is 0 Å². The van der Waals surface area contributed by atoms with Crippen LogP contribution in [0.15, 0.2) is 0 Å². The van der Waals surface area contributed by atoms with Gasteiger partial charge in [-0.3, -0.25) is 0 Å². The minimum atomic E-state index is -0.240. The Morgan fingerprint density at radius 1 is 1.10 bits per heavy atom.